The van der Waals surface area contributed by atoms with Crippen molar-refractivity contribution in [2.75, 3.05) is 0 Å². The number of aromatic nitrogens is 1. The molecule has 2 aromatic rings. The average Bonchev–Trinajstić information content (AvgIpc) is 2.17. The predicted molar refractivity (Wildman–Crippen MR) is 66.0 cm³/mol. The summed E-state index contributed by atoms with van der Waals surface area (Å²) in [6, 6.07) is 9.52. The van der Waals surface area contributed by atoms with Crippen molar-refractivity contribution < 1.29 is 19.2 Å². The van der Waals surface area contributed by atoms with Crippen LogP contribution in [-0.4, -0.2) is 19.7 Å². The molecule has 8 heteroatoms. The number of phosphoric acid groups is 1. The van der Waals surface area contributed by atoms with Crippen LogP contribution in [0, 0.1) is 0 Å². The molecule has 0 bridgehead atoms. The molecule has 0 aliphatic heterocycles. The maximum Gasteiger partial charge on any atom is 0.466 e. The normalized spacial score (nSPS) is 10.9. The summed E-state index contributed by atoms with van der Waals surface area (Å²) in [5.74, 6) is 0. The average molecular weight is 296 g/mol. The Balaban J connectivity index is 0.000000249. The van der Waals surface area contributed by atoms with Crippen molar-refractivity contribution in [1.82, 2.24) is 4.98 Å². The second kappa shape index (κ2) is 5.78. The van der Waals surface area contributed by atoms with Crippen LogP contribution in [0.5, 0.6) is 0 Å². The number of pyridine rings is 1. The highest BCUT2D eigenvalue weighted by atomic mass is 35.5. The minimum atomic E-state index is -4.64. The number of hydrogen-bond donors (Lipinski definition) is 3. The molecule has 0 aliphatic rings. The molecule has 92 valence electrons. The van der Waals surface area contributed by atoms with E-state index in [2.05, 4.69) is 4.98 Å². The monoisotopic (exact) mass is 295 g/mol. The number of rotatable bonds is 0. The van der Waals surface area contributed by atoms with E-state index >= 15 is 0 Å². The summed E-state index contributed by atoms with van der Waals surface area (Å²) in [6.45, 7) is 0. The molecule has 0 unspecified atom stereocenters. The Bertz CT molecular complexity index is 523. The van der Waals surface area contributed by atoms with Gasteiger partial charge in [0.25, 0.3) is 0 Å². The Morgan fingerprint density at radius 1 is 1.12 bits per heavy atom. The third kappa shape index (κ3) is 5.46. The smallest absolute Gasteiger partial charge is 0.303 e. The van der Waals surface area contributed by atoms with E-state index in [4.69, 9.17) is 42.4 Å². The third-order valence-electron chi connectivity index (χ3n) is 1.63. The molecule has 3 N–H and O–H groups in total. The van der Waals surface area contributed by atoms with Crippen molar-refractivity contribution in [3.8, 4) is 0 Å². The first-order chi connectivity index (χ1) is 7.77. The van der Waals surface area contributed by atoms with Crippen molar-refractivity contribution >= 4 is 41.9 Å². The van der Waals surface area contributed by atoms with Crippen LogP contribution < -0.4 is 0 Å². The molecule has 0 atom stereocenters. The summed E-state index contributed by atoms with van der Waals surface area (Å²) in [5, 5.41) is 1.86. The number of hydrogen-bond acceptors (Lipinski definition) is 2. The van der Waals surface area contributed by atoms with Gasteiger partial charge in [0.2, 0.25) is 0 Å². The zero-order valence-corrected chi connectivity index (χ0v) is 10.7. The Kier molecular flexibility index (Phi) is 4.89. The van der Waals surface area contributed by atoms with E-state index in [9.17, 15) is 0 Å². The Morgan fingerprint density at radius 3 is 2.24 bits per heavy atom. The highest BCUT2D eigenvalue weighted by Crippen LogP contribution is 2.26. The molecule has 0 spiro atoms. The van der Waals surface area contributed by atoms with Gasteiger partial charge in [-0.05, 0) is 12.1 Å². The lowest BCUT2D eigenvalue weighted by atomic mass is 10.2. The topological polar surface area (TPSA) is 90.7 Å². The lowest BCUT2D eigenvalue weighted by Crippen LogP contribution is -1.79. The zero-order chi connectivity index (χ0) is 13.1. The van der Waals surface area contributed by atoms with E-state index in [1.54, 1.807) is 0 Å². The molecule has 5 nitrogen and oxygen atoms in total. The lowest BCUT2D eigenvalue weighted by Gasteiger charge is -1.98. The predicted octanol–water partition coefficient (Wildman–Crippen LogP) is 2.61. The summed E-state index contributed by atoms with van der Waals surface area (Å²) in [6.07, 6.45) is 0. The van der Waals surface area contributed by atoms with Crippen LogP contribution >= 0.6 is 31.0 Å². The molecule has 0 fully saturated rings. The molecule has 1 heterocycles. The maximum atomic E-state index is 8.88. The minimum absolute atomic E-state index is 0.357. The molecule has 1 aromatic heterocycles. The summed E-state index contributed by atoms with van der Waals surface area (Å²) in [5.41, 5.74) is 0.868. The first-order valence-corrected chi connectivity index (χ1v) is 6.58. The van der Waals surface area contributed by atoms with Gasteiger partial charge < -0.3 is 14.7 Å². The van der Waals surface area contributed by atoms with Gasteiger partial charge in [-0.25, -0.2) is 9.55 Å². The van der Waals surface area contributed by atoms with E-state index in [0.717, 1.165) is 10.9 Å². The summed E-state index contributed by atoms with van der Waals surface area (Å²) < 4.78 is 8.88. The second-order valence-corrected chi connectivity index (χ2v) is 4.76. The second-order valence-electron chi connectivity index (χ2n) is 2.97. The highest BCUT2D eigenvalue weighted by Gasteiger charge is 2.00. The van der Waals surface area contributed by atoms with E-state index in [1.165, 1.54) is 0 Å². The van der Waals surface area contributed by atoms with Crippen LogP contribution in [0.3, 0.4) is 0 Å². The number of para-hydroxylation sites is 1. The van der Waals surface area contributed by atoms with Gasteiger partial charge in [-0.2, -0.15) is 0 Å². The van der Waals surface area contributed by atoms with Crippen LogP contribution in [0.1, 0.15) is 0 Å². The van der Waals surface area contributed by atoms with Crippen molar-refractivity contribution in [1.29, 1.82) is 0 Å². The summed E-state index contributed by atoms with van der Waals surface area (Å²) >= 11 is 11.5. The lowest BCUT2D eigenvalue weighted by molar-refractivity contribution is 0.275. The SMILES string of the molecule is Clc1cc2ccccc2nc1Cl.O=P(O)(O)O. The van der Waals surface area contributed by atoms with Crippen LogP contribution in [0.4, 0.5) is 0 Å². The number of benzene rings is 1. The molecular formula is C9H8Cl2NO4P. The fraction of sp³-hybridized carbons (Fsp3) is 0. The molecule has 2 rings (SSSR count). The first-order valence-electron chi connectivity index (χ1n) is 4.26. The molecule has 0 saturated carbocycles. The van der Waals surface area contributed by atoms with Crippen molar-refractivity contribution in [2.24, 2.45) is 0 Å². The van der Waals surface area contributed by atoms with E-state index < -0.39 is 7.82 Å². The van der Waals surface area contributed by atoms with E-state index in [-0.39, 0.29) is 0 Å². The van der Waals surface area contributed by atoms with Crippen LogP contribution in [0.25, 0.3) is 10.9 Å². The van der Waals surface area contributed by atoms with Gasteiger partial charge in [0.05, 0.1) is 10.5 Å². The van der Waals surface area contributed by atoms with Gasteiger partial charge in [-0.15, -0.1) is 0 Å². The van der Waals surface area contributed by atoms with Gasteiger partial charge in [0.15, 0.2) is 0 Å². The van der Waals surface area contributed by atoms with Crippen LogP contribution in [0.15, 0.2) is 30.3 Å². The first kappa shape index (κ1) is 14.4. The molecule has 0 saturated heterocycles. The molecule has 17 heavy (non-hydrogen) atoms. The summed E-state index contributed by atoms with van der Waals surface area (Å²) in [4.78, 5) is 25.7. The van der Waals surface area contributed by atoms with Crippen LogP contribution in [0.2, 0.25) is 10.2 Å². The largest absolute Gasteiger partial charge is 0.466 e. The quantitative estimate of drug-likeness (QED) is 0.513. The van der Waals surface area contributed by atoms with Gasteiger partial charge in [0, 0.05) is 5.39 Å². The number of nitrogens with zero attached hydrogens (tertiary/aromatic N) is 1. The highest BCUT2D eigenvalue weighted by molar-refractivity contribution is 7.45. The number of fused-ring (bicyclic) bond motifs is 1. The van der Waals surface area contributed by atoms with Crippen LogP contribution in [-0.2, 0) is 4.57 Å². The fourth-order valence-electron chi connectivity index (χ4n) is 1.07. The number of halogens is 2. The fourth-order valence-corrected chi connectivity index (χ4v) is 1.37. The third-order valence-corrected chi connectivity index (χ3v) is 2.31. The van der Waals surface area contributed by atoms with Crippen molar-refractivity contribution in [3.05, 3.63) is 40.5 Å². The van der Waals surface area contributed by atoms with Gasteiger partial charge in [-0.1, -0.05) is 41.4 Å². The van der Waals surface area contributed by atoms with Gasteiger partial charge in [-0.3, -0.25) is 0 Å². The Hall–Kier alpha value is -0.680. The summed E-state index contributed by atoms with van der Waals surface area (Å²) in [7, 11) is -4.64. The minimum Gasteiger partial charge on any atom is -0.303 e. The zero-order valence-electron chi connectivity index (χ0n) is 8.29. The standard InChI is InChI=1S/C9H5Cl2N.H3O4P/c10-7-5-6-3-1-2-4-8(6)12-9(7)11;1-5(2,3)4/h1-5H;(H3,1,2,3,4). The molecular weight excluding hydrogens is 288 g/mol. The van der Waals surface area contributed by atoms with Gasteiger partial charge in [0.1, 0.15) is 5.15 Å². The molecule has 0 radical (unpaired) electrons. The molecule has 1 aromatic carbocycles. The molecule has 0 aliphatic carbocycles. The Labute approximate surface area is 107 Å². The van der Waals surface area contributed by atoms with E-state index in [0.29, 0.717) is 10.2 Å². The Morgan fingerprint density at radius 2 is 1.65 bits per heavy atom. The molecule has 0 amide bonds. The van der Waals surface area contributed by atoms with Gasteiger partial charge >= 0.3 is 7.82 Å². The van der Waals surface area contributed by atoms with Crippen molar-refractivity contribution in [3.63, 3.8) is 0 Å². The van der Waals surface area contributed by atoms with E-state index in [1.807, 2.05) is 30.3 Å². The maximum absolute atomic E-state index is 8.88. The van der Waals surface area contributed by atoms with Crippen molar-refractivity contribution in [2.45, 2.75) is 0 Å².